The van der Waals surface area contributed by atoms with Gasteiger partial charge in [-0.25, -0.2) is 8.42 Å². The van der Waals surface area contributed by atoms with Crippen molar-refractivity contribution in [2.24, 2.45) is 0 Å². The van der Waals surface area contributed by atoms with Crippen LogP contribution in [0, 0.1) is 0 Å². The molecule has 0 aliphatic heterocycles. The summed E-state index contributed by atoms with van der Waals surface area (Å²) >= 11 is 0. The Hall–Kier alpha value is -1.56. The lowest BCUT2D eigenvalue weighted by Gasteiger charge is -2.21. The van der Waals surface area contributed by atoms with Crippen LogP contribution in [0.1, 0.15) is 32.1 Å². The number of hydrogen-bond acceptors (Lipinski definition) is 4. The van der Waals surface area contributed by atoms with Crippen LogP contribution < -0.4 is 11.1 Å². The Labute approximate surface area is 119 Å². The molecule has 0 radical (unpaired) electrons. The van der Waals surface area contributed by atoms with Crippen molar-refractivity contribution in [3.05, 3.63) is 24.3 Å². The molecular formula is C14H20N2O3S. The summed E-state index contributed by atoms with van der Waals surface area (Å²) in [5, 5.41) is 2.20. The molecule has 1 aliphatic carbocycles. The molecule has 3 N–H and O–H groups in total. The zero-order chi connectivity index (χ0) is 14.6. The third-order valence-electron chi connectivity index (χ3n) is 3.63. The fourth-order valence-corrected chi connectivity index (χ4v) is 4.25. The maximum Gasteiger partial charge on any atom is 0.239 e. The Kier molecular flexibility index (Phi) is 4.65. The molecule has 1 fully saturated rings. The largest absolute Gasteiger partial charge is 0.397 e. The van der Waals surface area contributed by atoms with E-state index in [0.717, 1.165) is 19.3 Å². The van der Waals surface area contributed by atoms with E-state index in [1.54, 1.807) is 24.3 Å². The molecular weight excluding hydrogens is 276 g/mol. The smallest absolute Gasteiger partial charge is 0.239 e. The molecule has 1 amide bonds. The van der Waals surface area contributed by atoms with Crippen LogP contribution in [0.5, 0.6) is 0 Å². The number of rotatable bonds is 4. The Morgan fingerprint density at radius 2 is 1.85 bits per heavy atom. The second-order valence-electron chi connectivity index (χ2n) is 5.20. The number of benzene rings is 1. The minimum atomic E-state index is -3.37. The average Bonchev–Trinajstić information content (AvgIpc) is 2.42. The van der Waals surface area contributed by atoms with Crippen LogP contribution in [-0.2, 0) is 14.6 Å². The minimum Gasteiger partial charge on any atom is -0.397 e. The van der Waals surface area contributed by atoms with Crippen LogP contribution in [-0.4, -0.2) is 25.3 Å². The molecule has 0 spiro atoms. The molecule has 0 bridgehead atoms. The summed E-state index contributed by atoms with van der Waals surface area (Å²) in [6, 6.07) is 6.80. The number of carbonyl (C=O) groups is 1. The molecule has 0 unspecified atom stereocenters. The van der Waals surface area contributed by atoms with Gasteiger partial charge in [0, 0.05) is 0 Å². The highest BCUT2D eigenvalue weighted by atomic mass is 32.2. The number of para-hydroxylation sites is 2. The van der Waals surface area contributed by atoms with Gasteiger partial charge in [-0.3, -0.25) is 4.79 Å². The monoisotopic (exact) mass is 296 g/mol. The SMILES string of the molecule is Nc1ccccc1NC(=O)CS(=O)(=O)C1CCCCC1. The molecule has 0 saturated heterocycles. The van der Waals surface area contributed by atoms with Gasteiger partial charge < -0.3 is 11.1 Å². The first-order valence-electron chi connectivity index (χ1n) is 6.85. The zero-order valence-electron chi connectivity index (χ0n) is 11.3. The molecule has 1 saturated carbocycles. The van der Waals surface area contributed by atoms with E-state index in [9.17, 15) is 13.2 Å². The van der Waals surface area contributed by atoms with Crippen molar-refractivity contribution in [3.63, 3.8) is 0 Å². The van der Waals surface area contributed by atoms with Crippen molar-refractivity contribution < 1.29 is 13.2 Å². The molecule has 5 nitrogen and oxygen atoms in total. The zero-order valence-corrected chi connectivity index (χ0v) is 12.2. The van der Waals surface area contributed by atoms with E-state index in [0.29, 0.717) is 24.2 Å². The lowest BCUT2D eigenvalue weighted by molar-refractivity contribution is -0.113. The van der Waals surface area contributed by atoms with E-state index in [4.69, 9.17) is 5.73 Å². The standard InChI is InChI=1S/C14H20N2O3S/c15-12-8-4-5-9-13(12)16-14(17)10-20(18,19)11-6-2-1-3-7-11/h4-5,8-9,11H,1-3,6-7,10,15H2,(H,16,17). The summed E-state index contributed by atoms with van der Waals surface area (Å²) in [5.74, 6) is -0.986. The van der Waals surface area contributed by atoms with E-state index in [1.165, 1.54) is 0 Å². The Morgan fingerprint density at radius 3 is 2.50 bits per heavy atom. The van der Waals surface area contributed by atoms with Gasteiger partial charge in [0.2, 0.25) is 5.91 Å². The van der Waals surface area contributed by atoms with Crippen molar-refractivity contribution in [1.82, 2.24) is 0 Å². The number of amides is 1. The highest BCUT2D eigenvalue weighted by molar-refractivity contribution is 7.92. The number of anilines is 2. The van der Waals surface area contributed by atoms with Crippen molar-refractivity contribution >= 4 is 27.1 Å². The first kappa shape index (κ1) is 14.8. The van der Waals surface area contributed by atoms with Gasteiger partial charge in [-0.05, 0) is 25.0 Å². The lowest BCUT2D eigenvalue weighted by atomic mass is 10.0. The summed E-state index contributed by atoms with van der Waals surface area (Å²) in [5.41, 5.74) is 6.59. The highest BCUT2D eigenvalue weighted by Crippen LogP contribution is 2.24. The highest BCUT2D eigenvalue weighted by Gasteiger charge is 2.29. The quantitative estimate of drug-likeness (QED) is 0.831. The van der Waals surface area contributed by atoms with E-state index in [2.05, 4.69) is 5.32 Å². The van der Waals surface area contributed by atoms with Crippen molar-refractivity contribution in [3.8, 4) is 0 Å². The van der Waals surface area contributed by atoms with Crippen LogP contribution in [0.3, 0.4) is 0 Å². The van der Waals surface area contributed by atoms with Crippen molar-refractivity contribution in [1.29, 1.82) is 0 Å². The first-order valence-corrected chi connectivity index (χ1v) is 8.56. The Morgan fingerprint density at radius 1 is 1.20 bits per heavy atom. The van der Waals surface area contributed by atoms with Crippen LogP contribution in [0.25, 0.3) is 0 Å². The van der Waals surface area contributed by atoms with E-state index >= 15 is 0 Å². The molecule has 0 heterocycles. The van der Waals surface area contributed by atoms with Crippen LogP contribution in [0.4, 0.5) is 11.4 Å². The third kappa shape index (κ3) is 3.72. The van der Waals surface area contributed by atoms with Gasteiger partial charge in [0.15, 0.2) is 9.84 Å². The molecule has 2 rings (SSSR count). The number of carbonyl (C=O) groups excluding carboxylic acids is 1. The number of hydrogen-bond donors (Lipinski definition) is 2. The van der Waals surface area contributed by atoms with Crippen molar-refractivity contribution in [2.45, 2.75) is 37.4 Å². The third-order valence-corrected chi connectivity index (χ3v) is 5.78. The number of sulfone groups is 1. The van der Waals surface area contributed by atoms with Gasteiger partial charge in [0.1, 0.15) is 5.75 Å². The van der Waals surface area contributed by atoms with Gasteiger partial charge in [-0.2, -0.15) is 0 Å². The molecule has 1 aromatic rings. The van der Waals surface area contributed by atoms with Crippen LogP contribution >= 0.6 is 0 Å². The molecule has 110 valence electrons. The summed E-state index contributed by atoms with van der Waals surface area (Å²) in [4.78, 5) is 11.9. The maximum atomic E-state index is 12.2. The predicted octanol–water partition coefficient (Wildman–Crippen LogP) is 1.95. The second kappa shape index (κ2) is 6.26. The van der Waals surface area contributed by atoms with Gasteiger partial charge >= 0.3 is 0 Å². The summed E-state index contributed by atoms with van der Waals surface area (Å²) in [7, 11) is -3.37. The first-order chi connectivity index (χ1) is 9.49. The minimum absolute atomic E-state index is 0.366. The van der Waals surface area contributed by atoms with E-state index in [1.807, 2.05) is 0 Å². The van der Waals surface area contributed by atoms with Gasteiger partial charge in [0.25, 0.3) is 0 Å². The predicted molar refractivity (Wildman–Crippen MR) is 80.1 cm³/mol. The Bertz CT molecular complexity index is 578. The molecule has 1 aliphatic rings. The van der Waals surface area contributed by atoms with Gasteiger partial charge in [-0.1, -0.05) is 31.4 Å². The average molecular weight is 296 g/mol. The molecule has 0 aromatic heterocycles. The van der Waals surface area contributed by atoms with Gasteiger partial charge in [0.05, 0.1) is 16.6 Å². The number of nitrogens with two attached hydrogens (primary N) is 1. The number of nitrogen functional groups attached to an aromatic ring is 1. The number of nitrogens with one attached hydrogen (secondary N) is 1. The Balaban J connectivity index is 1.98. The molecule has 0 atom stereocenters. The fraction of sp³-hybridized carbons (Fsp3) is 0.500. The van der Waals surface area contributed by atoms with Crippen LogP contribution in [0.2, 0.25) is 0 Å². The van der Waals surface area contributed by atoms with E-state index < -0.39 is 21.5 Å². The maximum absolute atomic E-state index is 12.2. The van der Waals surface area contributed by atoms with Crippen molar-refractivity contribution in [2.75, 3.05) is 16.8 Å². The summed E-state index contributed by atoms with van der Waals surface area (Å²) < 4.78 is 24.4. The topological polar surface area (TPSA) is 89.3 Å². The van der Waals surface area contributed by atoms with Crippen LogP contribution in [0.15, 0.2) is 24.3 Å². The molecule has 6 heteroatoms. The lowest BCUT2D eigenvalue weighted by Crippen LogP contribution is -2.32. The second-order valence-corrected chi connectivity index (χ2v) is 7.48. The normalized spacial score (nSPS) is 16.8. The molecule has 1 aromatic carbocycles. The van der Waals surface area contributed by atoms with E-state index in [-0.39, 0.29) is 5.25 Å². The summed E-state index contributed by atoms with van der Waals surface area (Å²) in [6.07, 6.45) is 4.28. The molecule has 20 heavy (non-hydrogen) atoms. The van der Waals surface area contributed by atoms with Gasteiger partial charge in [-0.15, -0.1) is 0 Å². The summed E-state index contributed by atoms with van der Waals surface area (Å²) in [6.45, 7) is 0. The fourth-order valence-electron chi connectivity index (χ4n) is 2.52.